The smallest absolute Gasteiger partial charge is 0.163 e. The molecular weight excluding hydrogens is 299 g/mol. The molecule has 0 saturated heterocycles. The molecule has 1 atom stereocenters. The Morgan fingerprint density at radius 2 is 1.71 bits per heavy atom. The first-order valence-corrected chi connectivity index (χ1v) is 7.02. The lowest BCUT2D eigenvalue weighted by atomic mass is 9.98. The highest BCUT2D eigenvalue weighted by atomic mass is 35.5. The summed E-state index contributed by atoms with van der Waals surface area (Å²) in [4.78, 5) is 0. The van der Waals surface area contributed by atoms with Crippen molar-refractivity contribution in [1.29, 1.82) is 0 Å². The number of hydrogen-bond acceptors (Lipinski definition) is 1. The quantitative estimate of drug-likeness (QED) is 0.847. The monoisotopic (exact) mass is 313 g/mol. The van der Waals surface area contributed by atoms with Crippen molar-refractivity contribution in [2.75, 3.05) is 6.54 Å². The van der Waals surface area contributed by atoms with E-state index in [0.29, 0.717) is 12.1 Å². The third-order valence-electron chi connectivity index (χ3n) is 3.26. The van der Waals surface area contributed by atoms with Gasteiger partial charge in [0.1, 0.15) is 5.82 Å². The van der Waals surface area contributed by atoms with Gasteiger partial charge in [0, 0.05) is 11.6 Å². The Labute approximate surface area is 126 Å². The molecule has 0 fully saturated rings. The number of rotatable bonds is 5. The van der Waals surface area contributed by atoms with Crippen LogP contribution < -0.4 is 5.32 Å². The second kappa shape index (κ2) is 6.96. The molecule has 1 nitrogen and oxygen atoms in total. The Balaban J connectivity index is 2.35. The maximum atomic E-state index is 13.9. The zero-order valence-electron chi connectivity index (χ0n) is 11.5. The summed E-state index contributed by atoms with van der Waals surface area (Å²) >= 11 is 5.93. The number of halogens is 4. The number of nitrogens with one attached hydrogen (secondary N) is 1. The lowest BCUT2D eigenvalue weighted by Crippen LogP contribution is -2.24. The first-order chi connectivity index (χ1) is 10.0. The van der Waals surface area contributed by atoms with Crippen LogP contribution in [-0.4, -0.2) is 6.54 Å². The van der Waals surface area contributed by atoms with E-state index in [-0.39, 0.29) is 17.0 Å². The molecule has 2 aromatic carbocycles. The summed E-state index contributed by atoms with van der Waals surface area (Å²) in [6, 6.07) is 8.02. The minimum absolute atomic E-state index is 0.0113. The first-order valence-electron chi connectivity index (χ1n) is 6.64. The number of hydrogen-bond donors (Lipinski definition) is 1. The largest absolute Gasteiger partial charge is 0.310 e. The molecule has 0 amide bonds. The van der Waals surface area contributed by atoms with Crippen molar-refractivity contribution in [2.45, 2.75) is 19.4 Å². The Bertz CT molecular complexity index is 631. The molecule has 0 aliphatic carbocycles. The van der Waals surface area contributed by atoms with E-state index in [0.717, 1.165) is 6.07 Å². The van der Waals surface area contributed by atoms with Crippen molar-refractivity contribution in [2.24, 2.45) is 0 Å². The molecule has 0 aromatic heterocycles. The number of benzene rings is 2. The van der Waals surface area contributed by atoms with Crippen molar-refractivity contribution in [3.63, 3.8) is 0 Å². The molecule has 2 rings (SSSR count). The molecule has 0 aliphatic heterocycles. The van der Waals surface area contributed by atoms with Gasteiger partial charge in [-0.2, -0.15) is 0 Å². The van der Waals surface area contributed by atoms with Gasteiger partial charge in [-0.3, -0.25) is 0 Å². The highest BCUT2D eigenvalue weighted by Crippen LogP contribution is 2.27. The summed E-state index contributed by atoms with van der Waals surface area (Å²) in [6.07, 6.45) is 0.269. The highest BCUT2D eigenvalue weighted by molar-refractivity contribution is 6.31. The van der Waals surface area contributed by atoms with Crippen LogP contribution in [0.2, 0.25) is 5.02 Å². The molecule has 21 heavy (non-hydrogen) atoms. The van der Waals surface area contributed by atoms with E-state index in [1.165, 1.54) is 18.2 Å². The van der Waals surface area contributed by atoms with Gasteiger partial charge in [-0.05, 0) is 30.7 Å². The van der Waals surface area contributed by atoms with Gasteiger partial charge in [0.2, 0.25) is 0 Å². The fourth-order valence-corrected chi connectivity index (χ4v) is 2.46. The Morgan fingerprint density at radius 3 is 2.43 bits per heavy atom. The summed E-state index contributed by atoms with van der Waals surface area (Å²) in [5.41, 5.74) is 0.753. The molecule has 1 N–H and O–H groups in total. The van der Waals surface area contributed by atoms with Gasteiger partial charge >= 0.3 is 0 Å². The molecule has 1 unspecified atom stereocenters. The molecule has 2 aromatic rings. The first kappa shape index (κ1) is 15.9. The molecule has 0 heterocycles. The maximum absolute atomic E-state index is 13.9. The predicted molar refractivity (Wildman–Crippen MR) is 77.9 cm³/mol. The molecule has 0 spiro atoms. The Morgan fingerprint density at radius 1 is 1.05 bits per heavy atom. The molecule has 0 radical (unpaired) electrons. The van der Waals surface area contributed by atoms with Gasteiger partial charge in [-0.15, -0.1) is 0 Å². The average Bonchev–Trinajstić information content (AvgIpc) is 2.46. The van der Waals surface area contributed by atoms with Crippen LogP contribution >= 0.6 is 11.6 Å². The SMILES string of the molecule is CCNC(Cc1cccc(F)c1Cl)c1cccc(F)c1F. The van der Waals surface area contributed by atoms with Crippen molar-refractivity contribution >= 4 is 11.6 Å². The highest BCUT2D eigenvalue weighted by Gasteiger charge is 2.19. The third kappa shape index (κ3) is 3.57. The summed E-state index contributed by atoms with van der Waals surface area (Å²) in [6.45, 7) is 2.42. The third-order valence-corrected chi connectivity index (χ3v) is 3.69. The normalized spacial score (nSPS) is 12.4. The minimum atomic E-state index is -0.902. The second-order valence-electron chi connectivity index (χ2n) is 4.67. The Kier molecular flexibility index (Phi) is 5.26. The van der Waals surface area contributed by atoms with Crippen LogP contribution in [0.15, 0.2) is 36.4 Å². The second-order valence-corrected chi connectivity index (χ2v) is 5.05. The maximum Gasteiger partial charge on any atom is 0.163 e. The number of likely N-dealkylation sites (N-methyl/N-ethyl adjacent to an activating group) is 1. The van der Waals surface area contributed by atoms with Crippen molar-refractivity contribution in [3.8, 4) is 0 Å². The summed E-state index contributed by atoms with van der Waals surface area (Å²) in [7, 11) is 0. The topological polar surface area (TPSA) is 12.0 Å². The molecular formula is C16H15ClF3N. The summed E-state index contributed by atoms with van der Waals surface area (Å²) in [5.74, 6) is -2.32. The van der Waals surface area contributed by atoms with Crippen LogP contribution in [0.5, 0.6) is 0 Å². The lowest BCUT2D eigenvalue weighted by Gasteiger charge is -2.20. The molecule has 0 saturated carbocycles. The van der Waals surface area contributed by atoms with Crippen molar-refractivity contribution in [3.05, 3.63) is 70.0 Å². The van der Waals surface area contributed by atoms with E-state index in [2.05, 4.69) is 5.32 Å². The van der Waals surface area contributed by atoms with Gasteiger partial charge in [-0.1, -0.05) is 42.8 Å². The van der Waals surface area contributed by atoms with Crippen LogP contribution in [0.4, 0.5) is 13.2 Å². The molecule has 0 bridgehead atoms. The van der Waals surface area contributed by atoms with Crippen molar-refractivity contribution < 1.29 is 13.2 Å². The molecule has 0 aliphatic rings. The lowest BCUT2D eigenvalue weighted by molar-refractivity contribution is 0.464. The van der Waals surface area contributed by atoms with Gasteiger partial charge in [0.05, 0.1) is 5.02 Å². The van der Waals surface area contributed by atoms with E-state index in [4.69, 9.17) is 11.6 Å². The Hall–Kier alpha value is -1.52. The van der Waals surface area contributed by atoms with Crippen LogP contribution in [-0.2, 0) is 6.42 Å². The van der Waals surface area contributed by atoms with E-state index in [9.17, 15) is 13.2 Å². The van der Waals surface area contributed by atoms with Gasteiger partial charge < -0.3 is 5.32 Å². The van der Waals surface area contributed by atoms with E-state index < -0.39 is 23.5 Å². The van der Waals surface area contributed by atoms with Crippen LogP contribution in [0.3, 0.4) is 0 Å². The average molecular weight is 314 g/mol. The fourth-order valence-electron chi connectivity index (χ4n) is 2.25. The van der Waals surface area contributed by atoms with Gasteiger partial charge in [-0.25, -0.2) is 13.2 Å². The fraction of sp³-hybridized carbons (Fsp3) is 0.250. The van der Waals surface area contributed by atoms with Crippen LogP contribution in [0, 0.1) is 17.5 Å². The summed E-state index contributed by atoms with van der Waals surface area (Å²) < 4.78 is 40.8. The van der Waals surface area contributed by atoms with Gasteiger partial charge in [0.25, 0.3) is 0 Å². The predicted octanol–water partition coefficient (Wildman–Crippen LogP) is 4.65. The van der Waals surface area contributed by atoms with Crippen molar-refractivity contribution in [1.82, 2.24) is 5.32 Å². The summed E-state index contributed by atoms with van der Waals surface area (Å²) in [5, 5.41) is 3.09. The zero-order valence-corrected chi connectivity index (χ0v) is 12.2. The van der Waals surface area contributed by atoms with E-state index in [1.54, 1.807) is 12.1 Å². The van der Waals surface area contributed by atoms with Crippen LogP contribution in [0.25, 0.3) is 0 Å². The van der Waals surface area contributed by atoms with Gasteiger partial charge in [0.15, 0.2) is 11.6 Å². The van der Waals surface area contributed by atoms with Crippen LogP contribution in [0.1, 0.15) is 24.1 Å². The van der Waals surface area contributed by atoms with E-state index in [1.807, 2.05) is 6.92 Å². The molecule has 112 valence electrons. The molecule has 5 heteroatoms. The minimum Gasteiger partial charge on any atom is -0.310 e. The van der Waals surface area contributed by atoms with E-state index >= 15 is 0 Å². The zero-order chi connectivity index (χ0) is 15.4. The standard InChI is InChI=1S/C16H15ClF3N/c1-2-21-14(11-6-4-8-13(19)16(11)20)9-10-5-3-7-12(18)15(10)17/h3-8,14,21H,2,9H2,1H3.